The van der Waals surface area contributed by atoms with E-state index in [0.29, 0.717) is 22.2 Å². The molecule has 1 aromatic carbocycles. The lowest BCUT2D eigenvalue weighted by Gasteiger charge is -2.19. The van der Waals surface area contributed by atoms with Gasteiger partial charge in [-0.05, 0) is 12.2 Å². The summed E-state index contributed by atoms with van der Waals surface area (Å²) < 4.78 is 10.4. The van der Waals surface area contributed by atoms with Gasteiger partial charge in [0.25, 0.3) is 0 Å². The second kappa shape index (κ2) is 6.95. The third-order valence-electron chi connectivity index (χ3n) is 2.63. The fourth-order valence-electron chi connectivity index (χ4n) is 1.40. The Morgan fingerprint density at radius 2 is 1.76 bits per heavy atom. The zero-order valence-corrected chi connectivity index (χ0v) is 14.2. The summed E-state index contributed by atoms with van der Waals surface area (Å²) in [7, 11) is 3.03. The van der Waals surface area contributed by atoms with E-state index in [2.05, 4.69) is 10.6 Å². The maximum Gasteiger partial charge on any atom is 0.231 e. The number of rotatable bonds is 3. The van der Waals surface area contributed by atoms with E-state index in [4.69, 9.17) is 33.3 Å². The fourth-order valence-corrected chi connectivity index (χ4v) is 1.84. The lowest BCUT2D eigenvalue weighted by atomic mass is 9.96. The van der Waals surface area contributed by atoms with Crippen molar-refractivity contribution >= 4 is 40.5 Å². The van der Waals surface area contributed by atoms with E-state index in [9.17, 15) is 4.79 Å². The molecular formula is C14H19ClN2O3S. The predicted octanol–water partition coefficient (Wildman–Crippen LogP) is 3.22. The highest BCUT2D eigenvalue weighted by atomic mass is 35.5. The molecule has 1 rings (SSSR count). The van der Waals surface area contributed by atoms with Crippen LogP contribution in [0.1, 0.15) is 20.8 Å². The highest BCUT2D eigenvalue weighted by Gasteiger charge is 2.22. The minimum Gasteiger partial charge on any atom is -0.495 e. The van der Waals surface area contributed by atoms with Crippen LogP contribution in [0, 0.1) is 5.41 Å². The molecule has 0 aromatic heterocycles. The first-order valence-corrected chi connectivity index (χ1v) is 7.01. The standard InChI is InChI=1S/C14H19ClN2O3S/c1-14(2,3)12(18)17-13(21)16-9-7-10(19-4)8(15)6-11(9)20-5/h6-7H,1-5H3,(H2,16,17,18,21). The van der Waals surface area contributed by atoms with Crippen LogP contribution in [0.15, 0.2) is 12.1 Å². The van der Waals surface area contributed by atoms with Gasteiger partial charge in [0.1, 0.15) is 11.5 Å². The summed E-state index contributed by atoms with van der Waals surface area (Å²) >= 11 is 11.2. The van der Waals surface area contributed by atoms with Gasteiger partial charge in [-0.1, -0.05) is 32.4 Å². The zero-order valence-electron chi connectivity index (χ0n) is 12.7. The van der Waals surface area contributed by atoms with Gasteiger partial charge in [-0.2, -0.15) is 0 Å². The van der Waals surface area contributed by atoms with Crippen molar-refractivity contribution in [3.63, 3.8) is 0 Å². The van der Waals surface area contributed by atoms with Gasteiger partial charge < -0.3 is 20.1 Å². The summed E-state index contributed by atoms with van der Waals surface area (Å²) in [6, 6.07) is 3.26. The number of nitrogens with one attached hydrogen (secondary N) is 2. The molecule has 0 aliphatic carbocycles. The van der Waals surface area contributed by atoms with Crippen molar-refractivity contribution in [3.05, 3.63) is 17.2 Å². The second-order valence-corrected chi connectivity index (χ2v) is 6.16. The molecule has 0 heterocycles. The molecule has 2 N–H and O–H groups in total. The molecule has 0 fully saturated rings. The number of benzene rings is 1. The molecule has 7 heteroatoms. The van der Waals surface area contributed by atoms with E-state index in [1.165, 1.54) is 14.2 Å². The van der Waals surface area contributed by atoms with Crippen LogP contribution in [0.3, 0.4) is 0 Å². The maximum absolute atomic E-state index is 11.9. The Hall–Kier alpha value is -1.53. The van der Waals surface area contributed by atoms with Crippen molar-refractivity contribution in [2.75, 3.05) is 19.5 Å². The van der Waals surface area contributed by atoms with Gasteiger partial charge in [-0.15, -0.1) is 0 Å². The molecule has 0 aliphatic heterocycles. The summed E-state index contributed by atoms with van der Waals surface area (Å²) in [5.74, 6) is 0.790. The number of carbonyl (C=O) groups is 1. The molecule has 21 heavy (non-hydrogen) atoms. The molecule has 1 amide bonds. The SMILES string of the molecule is COc1cc(NC(=S)NC(=O)C(C)(C)C)c(OC)cc1Cl. The number of thiocarbonyl (C=S) groups is 1. The van der Waals surface area contributed by atoms with Crippen molar-refractivity contribution < 1.29 is 14.3 Å². The largest absolute Gasteiger partial charge is 0.495 e. The third-order valence-corrected chi connectivity index (χ3v) is 3.13. The van der Waals surface area contributed by atoms with Crippen LogP contribution in [0.4, 0.5) is 5.69 Å². The minimum absolute atomic E-state index is 0.178. The third kappa shape index (κ3) is 4.75. The molecule has 0 radical (unpaired) electrons. The van der Waals surface area contributed by atoms with Gasteiger partial charge in [-0.3, -0.25) is 4.79 Å². The van der Waals surface area contributed by atoms with E-state index in [-0.39, 0.29) is 11.0 Å². The number of ether oxygens (including phenoxy) is 2. The molecule has 0 atom stereocenters. The molecule has 0 saturated carbocycles. The van der Waals surface area contributed by atoms with Crippen molar-refractivity contribution in [1.29, 1.82) is 0 Å². The number of anilines is 1. The summed E-state index contributed by atoms with van der Waals surface area (Å²) in [4.78, 5) is 11.9. The van der Waals surface area contributed by atoms with Gasteiger partial charge in [0.15, 0.2) is 5.11 Å². The monoisotopic (exact) mass is 330 g/mol. The maximum atomic E-state index is 11.9. The van der Waals surface area contributed by atoms with Gasteiger partial charge >= 0.3 is 0 Å². The molecule has 0 saturated heterocycles. The quantitative estimate of drug-likeness (QED) is 0.833. The van der Waals surface area contributed by atoms with Crippen LogP contribution < -0.4 is 20.1 Å². The molecule has 0 bridgehead atoms. The van der Waals surface area contributed by atoms with Gasteiger partial charge in [-0.25, -0.2) is 0 Å². The van der Waals surface area contributed by atoms with Crippen molar-refractivity contribution in [2.45, 2.75) is 20.8 Å². The summed E-state index contributed by atoms with van der Waals surface area (Å²) in [5.41, 5.74) is 0.0195. The average molecular weight is 331 g/mol. The average Bonchev–Trinajstić information content (AvgIpc) is 2.38. The zero-order chi connectivity index (χ0) is 16.2. The Kier molecular flexibility index (Phi) is 5.80. The molecule has 1 aromatic rings. The van der Waals surface area contributed by atoms with E-state index in [0.717, 1.165) is 0 Å². The summed E-state index contributed by atoms with van der Waals surface area (Å²) in [6.45, 7) is 5.41. The summed E-state index contributed by atoms with van der Waals surface area (Å²) in [6.07, 6.45) is 0. The molecular weight excluding hydrogens is 312 g/mol. The Morgan fingerprint density at radius 1 is 1.19 bits per heavy atom. The number of carbonyl (C=O) groups excluding carboxylic acids is 1. The second-order valence-electron chi connectivity index (χ2n) is 5.35. The Labute approximate surface area is 135 Å². The minimum atomic E-state index is -0.534. The van der Waals surface area contributed by atoms with E-state index in [1.54, 1.807) is 32.9 Å². The molecule has 0 aliphatic rings. The smallest absolute Gasteiger partial charge is 0.231 e. The number of amides is 1. The Balaban J connectivity index is 2.92. The number of hydrogen-bond acceptors (Lipinski definition) is 4. The highest BCUT2D eigenvalue weighted by Crippen LogP contribution is 2.35. The molecule has 5 nitrogen and oxygen atoms in total. The fraction of sp³-hybridized carbons (Fsp3) is 0.429. The number of hydrogen-bond donors (Lipinski definition) is 2. The van der Waals surface area contributed by atoms with Crippen LogP contribution in [0.2, 0.25) is 5.02 Å². The molecule has 0 unspecified atom stereocenters. The number of methoxy groups -OCH3 is 2. The van der Waals surface area contributed by atoms with Crippen molar-refractivity contribution in [1.82, 2.24) is 5.32 Å². The normalized spacial score (nSPS) is 10.8. The summed E-state index contributed by atoms with van der Waals surface area (Å²) in [5, 5.41) is 6.13. The van der Waals surface area contributed by atoms with Crippen molar-refractivity contribution in [2.24, 2.45) is 5.41 Å². The molecule has 0 spiro atoms. The first kappa shape index (κ1) is 17.5. The van der Waals surface area contributed by atoms with E-state index >= 15 is 0 Å². The van der Waals surface area contributed by atoms with Crippen LogP contribution in [0.25, 0.3) is 0 Å². The van der Waals surface area contributed by atoms with Crippen LogP contribution in [-0.4, -0.2) is 25.2 Å². The Bertz CT molecular complexity index is 556. The Morgan fingerprint density at radius 3 is 2.24 bits per heavy atom. The van der Waals surface area contributed by atoms with E-state index in [1.807, 2.05) is 0 Å². The predicted molar refractivity (Wildman–Crippen MR) is 88.4 cm³/mol. The van der Waals surface area contributed by atoms with E-state index < -0.39 is 5.41 Å². The first-order valence-electron chi connectivity index (χ1n) is 6.23. The van der Waals surface area contributed by atoms with Gasteiger partial charge in [0.05, 0.1) is 24.9 Å². The van der Waals surface area contributed by atoms with Crippen LogP contribution in [-0.2, 0) is 4.79 Å². The lowest BCUT2D eigenvalue weighted by Crippen LogP contribution is -2.41. The van der Waals surface area contributed by atoms with Crippen LogP contribution >= 0.6 is 23.8 Å². The topological polar surface area (TPSA) is 59.6 Å². The van der Waals surface area contributed by atoms with Crippen LogP contribution in [0.5, 0.6) is 11.5 Å². The number of halogens is 1. The lowest BCUT2D eigenvalue weighted by molar-refractivity contribution is -0.126. The highest BCUT2D eigenvalue weighted by molar-refractivity contribution is 7.80. The van der Waals surface area contributed by atoms with Gasteiger partial charge in [0, 0.05) is 17.5 Å². The van der Waals surface area contributed by atoms with Crippen molar-refractivity contribution in [3.8, 4) is 11.5 Å². The molecule has 116 valence electrons. The van der Waals surface area contributed by atoms with Gasteiger partial charge in [0.2, 0.25) is 5.91 Å². The first-order chi connectivity index (χ1) is 9.68.